The standard InChI is InChI=1S/C33H38Cl2N4O7S/c1-4-30(33(41)36-25-8-6-5-7-9-25)37(20-23-11-12-24(34)18-29(23)35)32(40)21-38(26-13-15-27(46-3)16-14-26)47(44,45)28-17-10-22(2)31(19-28)39(42)43/h10-19,25,30H,4-9,20-21H2,1-3H3,(H,36,41)/t30-/m0/s1. The van der Waals surface area contributed by atoms with Crippen LogP contribution < -0.4 is 14.4 Å². The van der Waals surface area contributed by atoms with E-state index in [0.29, 0.717) is 16.3 Å². The van der Waals surface area contributed by atoms with Crippen molar-refractivity contribution in [2.24, 2.45) is 0 Å². The van der Waals surface area contributed by atoms with E-state index in [-0.39, 0.29) is 51.8 Å². The summed E-state index contributed by atoms with van der Waals surface area (Å²) < 4.78 is 34.5. The van der Waals surface area contributed by atoms with Gasteiger partial charge in [0.25, 0.3) is 15.7 Å². The van der Waals surface area contributed by atoms with E-state index in [9.17, 15) is 28.1 Å². The molecule has 3 aromatic carbocycles. The van der Waals surface area contributed by atoms with Crippen molar-refractivity contribution in [2.75, 3.05) is 18.0 Å². The molecule has 4 rings (SSSR count). The van der Waals surface area contributed by atoms with Crippen LogP contribution in [0.15, 0.2) is 65.6 Å². The molecule has 0 unspecified atom stereocenters. The van der Waals surface area contributed by atoms with Crippen LogP contribution >= 0.6 is 23.2 Å². The number of carbonyl (C=O) groups excluding carboxylic acids is 2. The number of halogens is 2. The van der Waals surface area contributed by atoms with E-state index in [2.05, 4.69) is 5.32 Å². The molecule has 1 aliphatic carbocycles. The Hall–Kier alpha value is -3.87. The van der Waals surface area contributed by atoms with Crippen molar-refractivity contribution in [2.45, 2.75) is 75.9 Å². The van der Waals surface area contributed by atoms with Crippen molar-refractivity contribution in [3.8, 4) is 5.75 Å². The lowest BCUT2D eigenvalue weighted by Gasteiger charge is -2.34. The molecule has 0 bridgehead atoms. The summed E-state index contributed by atoms with van der Waals surface area (Å²) in [5.74, 6) is -0.568. The molecule has 3 aromatic rings. The van der Waals surface area contributed by atoms with Crippen LogP contribution in [-0.2, 0) is 26.2 Å². The first-order valence-corrected chi connectivity index (χ1v) is 17.5. The fourth-order valence-electron chi connectivity index (χ4n) is 5.65. The number of benzene rings is 3. The summed E-state index contributed by atoms with van der Waals surface area (Å²) >= 11 is 12.6. The first kappa shape index (κ1) is 36.0. The number of ether oxygens (including phenoxy) is 1. The van der Waals surface area contributed by atoms with Crippen molar-refractivity contribution < 1.29 is 27.7 Å². The normalized spacial score (nSPS) is 14.2. The molecule has 1 atom stereocenters. The number of rotatable bonds is 13. The topological polar surface area (TPSA) is 139 Å². The molecule has 47 heavy (non-hydrogen) atoms. The van der Waals surface area contributed by atoms with E-state index >= 15 is 0 Å². The third-order valence-corrected chi connectivity index (χ3v) is 10.7. The van der Waals surface area contributed by atoms with Gasteiger partial charge in [0.1, 0.15) is 18.3 Å². The number of aryl methyl sites for hydroxylation is 1. The van der Waals surface area contributed by atoms with Crippen molar-refractivity contribution >= 4 is 56.4 Å². The second-order valence-corrected chi connectivity index (χ2v) is 14.1. The van der Waals surface area contributed by atoms with Crippen molar-refractivity contribution in [1.29, 1.82) is 0 Å². The molecule has 1 N–H and O–H groups in total. The second-order valence-electron chi connectivity index (χ2n) is 11.4. The summed E-state index contributed by atoms with van der Waals surface area (Å²) in [7, 11) is -3.08. The average molecular weight is 706 g/mol. The maximum Gasteiger partial charge on any atom is 0.273 e. The third kappa shape index (κ3) is 8.74. The molecule has 1 saturated carbocycles. The Labute approximate surface area is 285 Å². The fraction of sp³-hybridized carbons (Fsp3) is 0.394. The highest BCUT2D eigenvalue weighted by molar-refractivity contribution is 7.92. The van der Waals surface area contributed by atoms with E-state index < -0.39 is 33.4 Å². The van der Waals surface area contributed by atoms with E-state index in [1.54, 1.807) is 19.1 Å². The number of nitro groups is 1. The van der Waals surface area contributed by atoms with Gasteiger partial charge in [-0.25, -0.2) is 8.42 Å². The highest BCUT2D eigenvalue weighted by Gasteiger charge is 2.35. The number of nitrogens with zero attached hydrogens (tertiary/aromatic N) is 3. The number of methoxy groups -OCH3 is 1. The molecule has 0 aromatic heterocycles. The zero-order valence-corrected chi connectivity index (χ0v) is 28.8. The second kappa shape index (κ2) is 15.8. The van der Waals surface area contributed by atoms with Crippen LogP contribution in [0.3, 0.4) is 0 Å². The van der Waals surface area contributed by atoms with Crippen LogP contribution in [0.4, 0.5) is 11.4 Å². The van der Waals surface area contributed by atoms with Gasteiger partial charge < -0.3 is 15.0 Å². The molecule has 0 saturated heterocycles. The lowest BCUT2D eigenvalue weighted by Crippen LogP contribution is -2.54. The summed E-state index contributed by atoms with van der Waals surface area (Å²) in [6.45, 7) is 2.47. The number of carbonyl (C=O) groups is 2. The number of nitrogens with one attached hydrogen (secondary N) is 1. The molecule has 1 aliphatic rings. The zero-order valence-electron chi connectivity index (χ0n) is 26.4. The third-order valence-electron chi connectivity index (χ3n) is 8.30. The number of hydrogen-bond donors (Lipinski definition) is 1. The number of nitro benzene ring substituents is 1. The van der Waals surface area contributed by atoms with Crippen LogP contribution in [0.5, 0.6) is 5.75 Å². The minimum Gasteiger partial charge on any atom is -0.497 e. The minimum atomic E-state index is -4.54. The fourth-order valence-corrected chi connectivity index (χ4v) is 7.55. The van der Waals surface area contributed by atoms with Crippen LogP contribution in [0.2, 0.25) is 10.0 Å². The summed E-state index contributed by atoms with van der Waals surface area (Å²) in [5, 5.41) is 15.4. The quantitative estimate of drug-likeness (QED) is 0.155. The Morgan fingerprint density at radius 2 is 1.72 bits per heavy atom. The van der Waals surface area contributed by atoms with Crippen LogP contribution in [0.1, 0.15) is 56.6 Å². The van der Waals surface area contributed by atoms with Crippen molar-refractivity contribution in [1.82, 2.24) is 10.2 Å². The average Bonchev–Trinajstić information content (AvgIpc) is 3.04. The molecular formula is C33H38Cl2N4O7S. The molecule has 252 valence electrons. The van der Waals surface area contributed by atoms with Crippen molar-refractivity contribution in [3.63, 3.8) is 0 Å². The molecule has 2 amide bonds. The molecule has 11 nitrogen and oxygen atoms in total. The van der Waals surface area contributed by atoms with Gasteiger partial charge in [0, 0.05) is 34.3 Å². The van der Waals surface area contributed by atoms with Gasteiger partial charge in [0.05, 0.1) is 22.6 Å². The predicted molar refractivity (Wildman–Crippen MR) is 181 cm³/mol. The van der Waals surface area contributed by atoms with Gasteiger partial charge in [-0.2, -0.15) is 0 Å². The van der Waals surface area contributed by atoms with Gasteiger partial charge in [-0.1, -0.05) is 61.5 Å². The van der Waals surface area contributed by atoms with Gasteiger partial charge in [0.2, 0.25) is 11.8 Å². The lowest BCUT2D eigenvalue weighted by atomic mass is 9.95. The SMILES string of the molecule is CC[C@@H](C(=O)NC1CCCCC1)N(Cc1ccc(Cl)cc1Cl)C(=O)CN(c1ccc(OC)cc1)S(=O)(=O)c1ccc(C)c([N+](=O)[O-])c1. The summed E-state index contributed by atoms with van der Waals surface area (Å²) in [5.41, 5.74) is 0.534. The van der Waals surface area contributed by atoms with E-state index in [1.165, 1.54) is 61.4 Å². The number of anilines is 1. The Balaban J connectivity index is 1.77. The van der Waals surface area contributed by atoms with E-state index in [1.807, 2.05) is 0 Å². The van der Waals surface area contributed by atoms with E-state index in [0.717, 1.165) is 42.5 Å². The summed E-state index contributed by atoms with van der Waals surface area (Å²) in [6, 6.07) is 13.4. The Morgan fingerprint density at radius 1 is 1.04 bits per heavy atom. The summed E-state index contributed by atoms with van der Waals surface area (Å²) in [6.07, 6.45) is 5.02. The predicted octanol–water partition coefficient (Wildman–Crippen LogP) is 6.67. The lowest BCUT2D eigenvalue weighted by molar-refractivity contribution is -0.385. The molecule has 0 heterocycles. The first-order chi connectivity index (χ1) is 22.3. The highest BCUT2D eigenvalue weighted by Crippen LogP contribution is 2.30. The van der Waals surface area contributed by atoms with Crippen LogP contribution in [0.25, 0.3) is 0 Å². The molecular weight excluding hydrogens is 667 g/mol. The molecule has 0 radical (unpaired) electrons. The largest absolute Gasteiger partial charge is 0.497 e. The van der Waals surface area contributed by atoms with Gasteiger partial charge in [-0.15, -0.1) is 0 Å². The van der Waals surface area contributed by atoms with Gasteiger partial charge in [0.15, 0.2) is 0 Å². The minimum absolute atomic E-state index is 0.0186. The Kier molecular flexibility index (Phi) is 12.1. The van der Waals surface area contributed by atoms with Crippen LogP contribution in [0, 0.1) is 17.0 Å². The van der Waals surface area contributed by atoms with Crippen molar-refractivity contribution in [3.05, 3.63) is 92.0 Å². The van der Waals surface area contributed by atoms with Crippen LogP contribution in [-0.4, -0.2) is 55.8 Å². The molecule has 14 heteroatoms. The van der Waals surface area contributed by atoms with E-state index in [4.69, 9.17) is 27.9 Å². The summed E-state index contributed by atoms with van der Waals surface area (Å²) in [4.78, 5) is 40.1. The molecule has 1 fully saturated rings. The first-order valence-electron chi connectivity index (χ1n) is 15.3. The maximum atomic E-state index is 14.4. The smallest absolute Gasteiger partial charge is 0.273 e. The monoisotopic (exact) mass is 704 g/mol. The Morgan fingerprint density at radius 3 is 2.32 bits per heavy atom. The van der Waals surface area contributed by atoms with Gasteiger partial charge in [-0.05, 0) is 74.2 Å². The molecule has 0 spiro atoms. The van der Waals surface area contributed by atoms with Gasteiger partial charge in [-0.3, -0.25) is 24.0 Å². The number of hydrogen-bond acceptors (Lipinski definition) is 7. The number of sulfonamides is 1. The zero-order chi connectivity index (χ0) is 34.3. The maximum absolute atomic E-state index is 14.4. The highest BCUT2D eigenvalue weighted by atomic mass is 35.5. The molecule has 0 aliphatic heterocycles. The Bertz CT molecular complexity index is 1710. The van der Waals surface area contributed by atoms with Gasteiger partial charge >= 0.3 is 0 Å². The number of amides is 2.